The van der Waals surface area contributed by atoms with Crippen LogP contribution in [0.5, 0.6) is 11.5 Å². The monoisotopic (exact) mass is 398 g/mol. The summed E-state index contributed by atoms with van der Waals surface area (Å²) in [4.78, 5) is 28.2. The first-order chi connectivity index (χ1) is 12.3. The molecule has 0 saturated heterocycles. The Bertz CT molecular complexity index is 820. The fraction of sp³-hybridized carbons (Fsp3) is 0.235. The minimum absolute atomic E-state index is 0.137. The second-order valence-corrected chi connectivity index (χ2v) is 5.93. The largest absolute Gasteiger partial charge is 0.497 e. The lowest BCUT2D eigenvalue weighted by Crippen LogP contribution is -2.22. The lowest BCUT2D eigenvalue weighted by Gasteiger charge is -2.10. The van der Waals surface area contributed by atoms with Crippen LogP contribution in [0.3, 0.4) is 0 Å². The van der Waals surface area contributed by atoms with Gasteiger partial charge in [-0.05, 0) is 25.1 Å². The molecule has 0 aliphatic heterocycles. The third-order valence-corrected chi connectivity index (χ3v) is 3.95. The number of rotatable bonds is 6. The number of aryl methyl sites for hydroxylation is 1. The van der Waals surface area contributed by atoms with Gasteiger partial charge < -0.3 is 19.5 Å². The molecular formula is C17H16Cl2N2O5. The Hall–Kier alpha value is -2.51. The number of anilines is 1. The van der Waals surface area contributed by atoms with E-state index in [0.717, 1.165) is 0 Å². The molecule has 1 heterocycles. The lowest BCUT2D eigenvalue weighted by atomic mass is 10.2. The van der Waals surface area contributed by atoms with Gasteiger partial charge in [-0.3, -0.25) is 4.79 Å². The van der Waals surface area contributed by atoms with Gasteiger partial charge in [-0.2, -0.15) is 0 Å². The van der Waals surface area contributed by atoms with E-state index in [1.54, 1.807) is 13.0 Å². The van der Waals surface area contributed by atoms with Gasteiger partial charge in [0.25, 0.3) is 5.91 Å². The van der Waals surface area contributed by atoms with E-state index >= 15 is 0 Å². The van der Waals surface area contributed by atoms with Gasteiger partial charge in [-0.25, -0.2) is 9.78 Å². The van der Waals surface area contributed by atoms with Crippen molar-refractivity contribution in [2.45, 2.75) is 6.92 Å². The number of hydrogen-bond donors (Lipinski definition) is 1. The van der Waals surface area contributed by atoms with Gasteiger partial charge in [0.05, 0.1) is 35.5 Å². The van der Waals surface area contributed by atoms with Crippen LogP contribution in [0.2, 0.25) is 10.0 Å². The smallest absolute Gasteiger partial charge is 0.338 e. The van der Waals surface area contributed by atoms with Crippen LogP contribution in [0.4, 0.5) is 5.82 Å². The van der Waals surface area contributed by atoms with Gasteiger partial charge in [0.2, 0.25) is 0 Å². The second-order valence-electron chi connectivity index (χ2n) is 5.11. The summed E-state index contributed by atoms with van der Waals surface area (Å²) in [6.07, 6.45) is 0. The average molecular weight is 399 g/mol. The Morgan fingerprint density at radius 1 is 1.04 bits per heavy atom. The number of esters is 1. The first kappa shape index (κ1) is 19.8. The van der Waals surface area contributed by atoms with E-state index in [1.807, 2.05) is 0 Å². The molecule has 7 nitrogen and oxygen atoms in total. The third kappa shape index (κ3) is 5.00. The summed E-state index contributed by atoms with van der Waals surface area (Å²) >= 11 is 11.9. The number of benzene rings is 1. The molecule has 0 atom stereocenters. The molecule has 0 bridgehead atoms. The second kappa shape index (κ2) is 8.73. The Kier molecular flexibility index (Phi) is 6.65. The van der Waals surface area contributed by atoms with E-state index in [-0.39, 0.29) is 16.4 Å². The molecule has 2 aromatic rings. The summed E-state index contributed by atoms with van der Waals surface area (Å²) in [5.74, 6) is -0.313. The SMILES string of the molecule is COc1cc(OC)cc(C(=O)OCC(=O)Nc2nc(C)c(Cl)cc2Cl)c1. The molecule has 138 valence electrons. The predicted octanol–water partition coefficient (Wildman–Crippen LogP) is 3.51. The molecule has 0 aliphatic rings. The van der Waals surface area contributed by atoms with Crippen LogP contribution in [-0.2, 0) is 9.53 Å². The number of pyridine rings is 1. The van der Waals surface area contributed by atoms with Crippen LogP contribution >= 0.6 is 23.2 Å². The molecule has 0 unspecified atom stereocenters. The number of aromatic nitrogens is 1. The maximum Gasteiger partial charge on any atom is 0.338 e. The summed E-state index contributed by atoms with van der Waals surface area (Å²) in [7, 11) is 2.92. The van der Waals surface area contributed by atoms with Crippen molar-refractivity contribution in [1.29, 1.82) is 0 Å². The number of halogens is 2. The first-order valence-electron chi connectivity index (χ1n) is 7.36. The molecule has 1 aromatic carbocycles. The normalized spacial score (nSPS) is 10.2. The van der Waals surface area contributed by atoms with Crippen LogP contribution in [-0.4, -0.2) is 37.7 Å². The molecule has 1 aromatic heterocycles. The Labute approximate surface area is 160 Å². The summed E-state index contributed by atoms with van der Waals surface area (Å²) in [5.41, 5.74) is 0.694. The Morgan fingerprint density at radius 2 is 1.65 bits per heavy atom. The van der Waals surface area contributed by atoms with Crippen molar-refractivity contribution in [2.75, 3.05) is 26.1 Å². The van der Waals surface area contributed by atoms with Crippen molar-refractivity contribution in [3.05, 3.63) is 45.6 Å². The molecule has 0 saturated carbocycles. The highest BCUT2D eigenvalue weighted by Crippen LogP contribution is 2.26. The van der Waals surface area contributed by atoms with Crippen molar-refractivity contribution in [1.82, 2.24) is 4.98 Å². The van der Waals surface area contributed by atoms with E-state index in [1.165, 1.54) is 32.4 Å². The molecule has 0 aliphatic carbocycles. The zero-order chi connectivity index (χ0) is 19.3. The van der Waals surface area contributed by atoms with Crippen molar-refractivity contribution < 1.29 is 23.8 Å². The minimum Gasteiger partial charge on any atom is -0.497 e. The van der Waals surface area contributed by atoms with Crippen molar-refractivity contribution in [3.63, 3.8) is 0 Å². The van der Waals surface area contributed by atoms with Crippen LogP contribution in [0.25, 0.3) is 0 Å². The highest BCUT2D eigenvalue weighted by atomic mass is 35.5. The van der Waals surface area contributed by atoms with E-state index in [2.05, 4.69) is 10.3 Å². The van der Waals surface area contributed by atoms with E-state index < -0.39 is 18.5 Å². The Morgan fingerprint density at radius 3 is 2.23 bits per heavy atom. The molecule has 26 heavy (non-hydrogen) atoms. The van der Waals surface area contributed by atoms with E-state index in [4.69, 9.17) is 37.4 Å². The zero-order valence-corrected chi connectivity index (χ0v) is 15.8. The lowest BCUT2D eigenvalue weighted by molar-refractivity contribution is -0.119. The minimum atomic E-state index is -0.705. The van der Waals surface area contributed by atoms with Gasteiger partial charge in [0.15, 0.2) is 12.4 Å². The number of carbonyl (C=O) groups excluding carboxylic acids is 2. The quantitative estimate of drug-likeness (QED) is 0.749. The van der Waals surface area contributed by atoms with Gasteiger partial charge in [-0.15, -0.1) is 0 Å². The highest BCUT2D eigenvalue weighted by molar-refractivity contribution is 6.36. The van der Waals surface area contributed by atoms with Crippen LogP contribution in [0.1, 0.15) is 16.1 Å². The van der Waals surface area contributed by atoms with Gasteiger partial charge >= 0.3 is 5.97 Å². The number of ether oxygens (including phenoxy) is 3. The zero-order valence-electron chi connectivity index (χ0n) is 14.3. The van der Waals surface area contributed by atoms with Crippen molar-refractivity contribution in [3.8, 4) is 11.5 Å². The van der Waals surface area contributed by atoms with Crippen LogP contribution in [0, 0.1) is 6.92 Å². The number of methoxy groups -OCH3 is 2. The van der Waals surface area contributed by atoms with Crippen molar-refractivity contribution in [2.24, 2.45) is 0 Å². The summed E-state index contributed by atoms with van der Waals surface area (Å²) in [6.45, 7) is 1.16. The van der Waals surface area contributed by atoms with E-state index in [0.29, 0.717) is 22.2 Å². The van der Waals surface area contributed by atoms with Gasteiger partial charge in [0, 0.05) is 6.07 Å². The van der Waals surface area contributed by atoms with E-state index in [9.17, 15) is 9.59 Å². The first-order valence-corrected chi connectivity index (χ1v) is 8.12. The topological polar surface area (TPSA) is 86.8 Å². The summed E-state index contributed by atoms with van der Waals surface area (Å²) in [6, 6.07) is 6.03. The number of nitrogens with zero attached hydrogens (tertiary/aromatic N) is 1. The molecule has 2 rings (SSSR count). The maximum absolute atomic E-state index is 12.1. The molecule has 0 spiro atoms. The highest BCUT2D eigenvalue weighted by Gasteiger charge is 2.15. The number of hydrogen-bond acceptors (Lipinski definition) is 6. The van der Waals surface area contributed by atoms with Crippen LogP contribution in [0.15, 0.2) is 24.3 Å². The number of carbonyl (C=O) groups is 2. The third-order valence-electron chi connectivity index (χ3n) is 3.28. The fourth-order valence-electron chi connectivity index (χ4n) is 1.95. The maximum atomic E-state index is 12.1. The van der Waals surface area contributed by atoms with Crippen molar-refractivity contribution >= 4 is 40.9 Å². The molecule has 1 amide bonds. The standard InChI is InChI=1S/C17H16Cl2N2O5/c1-9-13(18)7-14(19)16(20-9)21-15(22)8-26-17(23)10-4-11(24-2)6-12(5-10)25-3/h4-7H,8H2,1-3H3,(H,20,21,22). The molecule has 9 heteroatoms. The van der Waals surface area contributed by atoms with Gasteiger partial charge in [0.1, 0.15) is 11.5 Å². The molecule has 0 fully saturated rings. The number of nitrogens with one attached hydrogen (secondary N) is 1. The summed E-state index contributed by atoms with van der Waals surface area (Å²) < 4.78 is 15.2. The van der Waals surface area contributed by atoms with Gasteiger partial charge in [-0.1, -0.05) is 23.2 Å². The number of amides is 1. The molecular weight excluding hydrogens is 383 g/mol. The Balaban J connectivity index is 2.01. The average Bonchev–Trinajstić information content (AvgIpc) is 2.63. The predicted molar refractivity (Wildman–Crippen MR) is 97.5 cm³/mol. The van der Waals surface area contributed by atoms with Crippen LogP contribution < -0.4 is 14.8 Å². The summed E-state index contributed by atoms with van der Waals surface area (Å²) in [5, 5.41) is 3.02. The molecule has 1 N–H and O–H groups in total. The fourth-order valence-corrected chi connectivity index (χ4v) is 2.36. The molecule has 0 radical (unpaired) electrons.